The van der Waals surface area contributed by atoms with Crippen molar-refractivity contribution in [3.8, 4) is 0 Å². The van der Waals surface area contributed by atoms with Gasteiger partial charge >= 0.3 is 6.18 Å². The van der Waals surface area contributed by atoms with Gasteiger partial charge in [0, 0.05) is 18.8 Å². The zero-order chi connectivity index (χ0) is 18.4. The molecule has 0 saturated heterocycles. The maximum atomic E-state index is 12.7. The van der Waals surface area contributed by atoms with Gasteiger partial charge < -0.3 is 16.8 Å². The Hall–Kier alpha value is -1.96. The maximum Gasteiger partial charge on any atom is 0.416 e. The van der Waals surface area contributed by atoms with Crippen LogP contribution in [0.4, 0.5) is 18.9 Å². The van der Waals surface area contributed by atoms with E-state index in [4.69, 9.17) is 11.5 Å². The van der Waals surface area contributed by atoms with Gasteiger partial charge in [-0.15, -0.1) is 24.8 Å². The predicted molar refractivity (Wildman–Crippen MR) is 105 cm³/mol. The number of amides is 1. The first kappa shape index (κ1) is 25.0. The third-order valence-corrected chi connectivity index (χ3v) is 3.87. The van der Waals surface area contributed by atoms with Crippen molar-refractivity contribution in [3.63, 3.8) is 0 Å². The average molecular weight is 424 g/mol. The summed E-state index contributed by atoms with van der Waals surface area (Å²) in [5.41, 5.74) is 12.3. The number of rotatable bonds is 7. The molecule has 4 nitrogen and oxygen atoms in total. The third kappa shape index (κ3) is 7.66. The van der Waals surface area contributed by atoms with Crippen LogP contribution in [0.5, 0.6) is 0 Å². The van der Waals surface area contributed by atoms with Gasteiger partial charge in [0.1, 0.15) is 0 Å². The lowest BCUT2D eigenvalue weighted by molar-refractivity contribution is -0.137. The quantitative estimate of drug-likeness (QED) is 0.633. The Kier molecular flexibility index (Phi) is 10.2. The lowest BCUT2D eigenvalue weighted by Gasteiger charge is -2.12. The minimum absolute atomic E-state index is 0. The lowest BCUT2D eigenvalue weighted by atomic mass is 9.99. The Labute approximate surface area is 168 Å². The van der Waals surface area contributed by atoms with Crippen LogP contribution in [0.3, 0.4) is 0 Å². The van der Waals surface area contributed by atoms with Crippen LogP contribution in [0, 0.1) is 5.92 Å². The second-order valence-corrected chi connectivity index (χ2v) is 5.79. The Morgan fingerprint density at radius 2 is 1.67 bits per heavy atom. The Morgan fingerprint density at radius 1 is 1.04 bits per heavy atom. The summed E-state index contributed by atoms with van der Waals surface area (Å²) in [6, 6.07) is 12.5. The van der Waals surface area contributed by atoms with Gasteiger partial charge in [0.05, 0.1) is 11.5 Å². The van der Waals surface area contributed by atoms with E-state index in [0.29, 0.717) is 12.0 Å². The topological polar surface area (TPSA) is 81.1 Å². The third-order valence-electron chi connectivity index (χ3n) is 3.87. The number of carbonyl (C=O) groups is 1. The summed E-state index contributed by atoms with van der Waals surface area (Å²) >= 11 is 0. The highest BCUT2D eigenvalue weighted by atomic mass is 35.5. The number of nitrogens with one attached hydrogen (secondary N) is 1. The molecule has 0 fully saturated rings. The molecule has 0 aliphatic heterocycles. The van der Waals surface area contributed by atoms with Crippen molar-refractivity contribution >= 4 is 36.4 Å². The molecule has 2 rings (SSSR count). The molecular formula is C18H22Cl2F3N3O. The minimum Gasteiger partial charge on any atom is -0.381 e. The molecule has 0 aliphatic rings. The second kappa shape index (κ2) is 11.0. The van der Waals surface area contributed by atoms with Gasteiger partial charge in [0.15, 0.2) is 0 Å². The van der Waals surface area contributed by atoms with E-state index in [1.807, 2.05) is 12.1 Å². The van der Waals surface area contributed by atoms with Gasteiger partial charge in [-0.25, -0.2) is 0 Å². The molecule has 0 heterocycles. The first-order valence-electron chi connectivity index (χ1n) is 7.78. The van der Waals surface area contributed by atoms with E-state index < -0.39 is 23.6 Å². The van der Waals surface area contributed by atoms with Crippen molar-refractivity contribution < 1.29 is 18.0 Å². The molecule has 0 aromatic heterocycles. The molecule has 2 aromatic carbocycles. The highest BCUT2D eigenvalue weighted by molar-refractivity contribution is 5.85. The number of carbonyl (C=O) groups excluding carboxylic acids is 1. The van der Waals surface area contributed by atoms with Gasteiger partial charge in [-0.2, -0.15) is 13.2 Å². The van der Waals surface area contributed by atoms with E-state index in [1.54, 1.807) is 18.2 Å². The van der Waals surface area contributed by atoms with Gasteiger partial charge in [0.2, 0.25) is 5.91 Å². The molecule has 9 heteroatoms. The number of hydrogen-bond acceptors (Lipinski definition) is 3. The Bertz CT molecular complexity index is 725. The van der Waals surface area contributed by atoms with Crippen LogP contribution < -0.4 is 16.8 Å². The van der Waals surface area contributed by atoms with Crippen LogP contribution in [0.15, 0.2) is 48.5 Å². The summed E-state index contributed by atoms with van der Waals surface area (Å²) in [7, 11) is 0. The number of primary amides is 1. The van der Waals surface area contributed by atoms with Gasteiger partial charge in [-0.05, 0) is 41.8 Å². The predicted octanol–water partition coefficient (Wildman–Crippen LogP) is 3.76. The molecule has 0 aliphatic carbocycles. The van der Waals surface area contributed by atoms with Crippen LogP contribution in [-0.2, 0) is 23.9 Å². The fourth-order valence-electron chi connectivity index (χ4n) is 2.41. The van der Waals surface area contributed by atoms with E-state index in [1.165, 1.54) is 6.07 Å². The highest BCUT2D eigenvalue weighted by Crippen LogP contribution is 2.29. The largest absolute Gasteiger partial charge is 0.416 e. The van der Waals surface area contributed by atoms with E-state index in [2.05, 4.69) is 5.32 Å². The van der Waals surface area contributed by atoms with E-state index >= 15 is 0 Å². The number of nitrogens with two attached hydrogens (primary N) is 2. The maximum absolute atomic E-state index is 12.7. The number of anilines is 1. The molecule has 0 bridgehead atoms. The van der Waals surface area contributed by atoms with Gasteiger partial charge in [-0.1, -0.05) is 24.3 Å². The first-order valence-corrected chi connectivity index (χ1v) is 7.78. The standard InChI is InChI=1S/C18H20F3N3O.2ClH/c19-18(20,21)15-3-1-2-13(9-15)11-24-16-6-4-12(5-7-16)8-14(10-22)17(23)25;;/h1-7,9,14,24H,8,10-11,22H2,(H2,23,25);2*1H. The first-order chi connectivity index (χ1) is 11.8. The molecule has 1 atom stereocenters. The van der Waals surface area contributed by atoms with Crippen molar-refractivity contribution in [2.45, 2.75) is 19.1 Å². The molecule has 150 valence electrons. The van der Waals surface area contributed by atoms with E-state index in [9.17, 15) is 18.0 Å². The number of alkyl halides is 3. The van der Waals surface area contributed by atoms with Crippen LogP contribution >= 0.6 is 24.8 Å². The van der Waals surface area contributed by atoms with Crippen molar-refractivity contribution in [1.29, 1.82) is 0 Å². The summed E-state index contributed by atoms with van der Waals surface area (Å²) in [4.78, 5) is 11.2. The summed E-state index contributed by atoms with van der Waals surface area (Å²) < 4.78 is 38.1. The molecule has 0 spiro atoms. The fraction of sp³-hybridized carbons (Fsp3) is 0.278. The molecular weight excluding hydrogens is 402 g/mol. The summed E-state index contributed by atoms with van der Waals surface area (Å²) in [5.74, 6) is -0.849. The second-order valence-electron chi connectivity index (χ2n) is 5.79. The number of hydrogen-bond donors (Lipinski definition) is 3. The highest BCUT2D eigenvalue weighted by Gasteiger charge is 2.30. The monoisotopic (exact) mass is 423 g/mol. The van der Waals surface area contributed by atoms with Crippen molar-refractivity contribution in [3.05, 3.63) is 65.2 Å². The number of halogens is 5. The normalized spacial score (nSPS) is 11.7. The molecule has 1 amide bonds. The molecule has 27 heavy (non-hydrogen) atoms. The summed E-state index contributed by atoms with van der Waals surface area (Å²) in [6.07, 6.45) is -3.89. The molecule has 1 unspecified atom stereocenters. The summed E-state index contributed by atoms with van der Waals surface area (Å²) in [6.45, 7) is 0.459. The molecule has 5 N–H and O–H groups in total. The molecule has 2 aromatic rings. The smallest absolute Gasteiger partial charge is 0.381 e. The van der Waals surface area contributed by atoms with Gasteiger partial charge in [0.25, 0.3) is 0 Å². The molecule has 0 radical (unpaired) electrons. The summed E-state index contributed by atoms with van der Waals surface area (Å²) in [5, 5.41) is 3.07. The van der Waals surface area contributed by atoms with Crippen molar-refractivity contribution in [1.82, 2.24) is 0 Å². The fourth-order valence-corrected chi connectivity index (χ4v) is 2.41. The Morgan fingerprint density at radius 3 is 2.19 bits per heavy atom. The van der Waals surface area contributed by atoms with Crippen LogP contribution in [0.2, 0.25) is 0 Å². The minimum atomic E-state index is -4.35. The lowest BCUT2D eigenvalue weighted by Crippen LogP contribution is -2.31. The molecule has 0 saturated carbocycles. The zero-order valence-electron chi connectivity index (χ0n) is 14.3. The van der Waals surface area contributed by atoms with Crippen LogP contribution in [-0.4, -0.2) is 12.5 Å². The SMILES string of the molecule is Cl.Cl.NCC(Cc1ccc(NCc2cccc(C(F)(F)F)c2)cc1)C(N)=O. The van der Waals surface area contributed by atoms with Gasteiger partial charge in [-0.3, -0.25) is 4.79 Å². The average Bonchev–Trinajstić information content (AvgIpc) is 2.58. The van der Waals surface area contributed by atoms with Crippen molar-refractivity contribution in [2.24, 2.45) is 17.4 Å². The Balaban J connectivity index is 0.00000338. The zero-order valence-corrected chi connectivity index (χ0v) is 16.0. The van der Waals surface area contributed by atoms with Crippen LogP contribution in [0.1, 0.15) is 16.7 Å². The van der Waals surface area contributed by atoms with Crippen molar-refractivity contribution in [2.75, 3.05) is 11.9 Å². The van der Waals surface area contributed by atoms with E-state index in [0.717, 1.165) is 23.4 Å². The number of benzene rings is 2. The van der Waals surface area contributed by atoms with Crippen LogP contribution in [0.25, 0.3) is 0 Å². The van der Waals surface area contributed by atoms with E-state index in [-0.39, 0.29) is 37.9 Å².